The first kappa shape index (κ1) is 14.1. The maximum absolute atomic E-state index is 11.3. The van der Waals surface area contributed by atoms with Crippen molar-refractivity contribution >= 4 is 17.6 Å². The van der Waals surface area contributed by atoms with Gasteiger partial charge in [0.25, 0.3) is 0 Å². The van der Waals surface area contributed by atoms with Crippen LogP contribution in [0.1, 0.15) is 37.0 Å². The molecule has 0 aliphatic heterocycles. The van der Waals surface area contributed by atoms with Crippen molar-refractivity contribution in [3.8, 4) is 11.3 Å². The Balaban J connectivity index is 2.03. The van der Waals surface area contributed by atoms with Crippen molar-refractivity contribution in [1.29, 1.82) is 0 Å². The van der Waals surface area contributed by atoms with Crippen molar-refractivity contribution < 1.29 is 14.4 Å². The summed E-state index contributed by atoms with van der Waals surface area (Å²) in [5.74, 6) is -0.210. The Morgan fingerprint density at radius 2 is 2.05 bits per heavy atom. The summed E-state index contributed by atoms with van der Waals surface area (Å²) in [5.41, 5.74) is 2.80. The molecule has 4 nitrogen and oxygen atoms in total. The van der Waals surface area contributed by atoms with Crippen LogP contribution in [0.3, 0.4) is 0 Å². The van der Waals surface area contributed by atoms with Gasteiger partial charge in [0.05, 0.1) is 5.92 Å². The number of fused-ring (bicyclic) bond motifs is 1. The molecule has 0 unspecified atom stereocenters. The number of nitrogens with zero attached hydrogens (tertiary/aromatic N) is 1. The molecular weight excluding hydrogens is 290 g/mol. The van der Waals surface area contributed by atoms with Gasteiger partial charge in [-0.25, -0.2) is 0 Å². The van der Waals surface area contributed by atoms with E-state index < -0.39 is 5.97 Å². The van der Waals surface area contributed by atoms with Gasteiger partial charge >= 0.3 is 5.97 Å². The van der Waals surface area contributed by atoms with E-state index in [1.54, 1.807) is 0 Å². The van der Waals surface area contributed by atoms with E-state index >= 15 is 0 Å². The zero-order chi connectivity index (χ0) is 15.0. The van der Waals surface area contributed by atoms with E-state index in [9.17, 15) is 9.90 Å². The molecule has 1 aliphatic rings. The number of halogens is 1. The minimum Gasteiger partial charge on any atom is -0.481 e. The van der Waals surface area contributed by atoms with Crippen molar-refractivity contribution in [2.45, 2.75) is 32.1 Å². The first-order chi connectivity index (χ1) is 10.1. The lowest BCUT2D eigenvalue weighted by Crippen LogP contribution is -2.15. The van der Waals surface area contributed by atoms with Crippen LogP contribution in [0.5, 0.6) is 0 Å². The summed E-state index contributed by atoms with van der Waals surface area (Å²) < 4.78 is 5.46. The van der Waals surface area contributed by atoms with Gasteiger partial charge < -0.3 is 9.63 Å². The summed E-state index contributed by atoms with van der Waals surface area (Å²) >= 11 is 5.92. The smallest absolute Gasteiger partial charge is 0.306 e. The molecule has 1 heterocycles. The second-order valence-electron chi connectivity index (χ2n) is 5.59. The second kappa shape index (κ2) is 5.53. The maximum Gasteiger partial charge on any atom is 0.306 e. The third-order valence-electron chi connectivity index (χ3n) is 4.14. The zero-order valence-corrected chi connectivity index (χ0v) is 12.4. The lowest BCUT2D eigenvalue weighted by atomic mass is 9.93. The summed E-state index contributed by atoms with van der Waals surface area (Å²) in [6, 6.07) is 7.46. The van der Waals surface area contributed by atoms with Crippen molar-refractivity contribution in [2.75, 3.05) is 0 Å². The SMILES string of the molecule is C[C@@H]1CC[C@@H](C(=O)O)Cc2onc(-c3ccc(Cl)cc3)c21. The standard InChI is InChI=1S/C16H16ClNO3/c1-9-2-3-11(16(19)20)8-13-14(9)15(18-21-13)10-4-6-12(17)7-5-10/h4-7,9,11H,2-3,8H2,1H3,(H,19,20)/t9-,11-/m1/s1. The minimum absolute atomic E-state index is 0.237. The molecule has 0 amide bonds. The normalized spacial score (nSPS) is 21.6. The average molecular weight is 306 g/mol. The first-order valence-electron chi connectivity index (χ1n) is 7.03. The van der Waals surface area contributed by atoms with Crippen LogP contribution < -0.4 is 0 Å². The van der Waals surface area contributed by atoms with Crippen LogP contribution >= 0.6 is 11.6 Å². The summed E-state index contributed by atoms with van der Waals surface area (Å²) in [6.07, 6.45) is 1.90. The van der Waals surface area contributed by atoms with E-state index in [0.717, 1.165) is 23.2 Å². The van der Waals surface area contributed by atoms with Crippen molar-refractivity contribution in [2.24, 2.45) is 5.92 Å². The number of carbonyl (C=O) groups is 1. The highest BCUT2D eigenvalue weighted by Gasteiger charge is 2.31. The van der Waals surface area contributed by atoms with E-state index in [1.807, 2.05) is 24.3 Å². The molecule has 0 saturated heterocycles. The number of carboxylic acids is 1. The van der Waals surface area contributed by atoms with Crippen LogP contribution in [0, 0.1) is 5.92 Å². The Bertz CT molecular complexity index is 663. The number of carboxylic acid groups (broad SMARTS) is 1. The number of hydrogen-bond donors (Lipinski definition) is 1. The highest BCUT2D eigenvalue weighted by atomic mass is 35.5. The molecule has 0 spiro atoms. The summed E-state index contributed by atoms with van der Waals surface area (Å²) in [7, 11) is 0. The van der Waals surface area contributed by atoms with Gasteiger partial charge in [0.1, 0.15) is 11.5 Å². The molecule has 110 valence electrons. The Kier molecular flexibility index (Phi) is 3.72. The zero-order valence-electron chi connectivity index (χ0n) is 11.7. The Hall–Kier alpha value is -1.81. The monoisotopic (exact) mass is 305 g/mol. The fourth-order valence-corrected chi connectivity index (χ4v) is 3.06. The fraction of sp³-hybridized carbons (Fsp3) is 0.375. The molecule has 1 aromatic carbocycles. The van der Waals surface area contributed by atoms with E-state index in [-0.39, 0.29) is 11.8 Å². The molecule has 21 heavy (non-hydrogen) atoms. The number of aliphatic carboxylic acids is 1. The highest BCUT2D eigenvalue weighted by molar-refractivity contribution is 6.30. The Morgan fingerprint density at radius 3 is 2.71 bits per heavy atom. The Morgan fingerprint density at radius 1 is 1.33 bits per heavy atom. The van der Waals surface area contributed by atoms with E-state index in [2.05, 4.69) is 12.1 Å². The molecule has 0 radical (unpaired) electrons. The first-order valence-corrected chi connectivity index (χ1v) is 7.41. The van der Waals surface area contributed by atoms with E-state index in [0.29, 0.717) is 23.6 Å². The van der Waals surface area contributed by atoms with Gasteiger partial charge in [-0.1, -0.05) is 35.8 Å². The molecule has 2 atom stereocenters. The largest absolute Gasteiger partial charge is 0.481 e. The summed E-state index contributed by atoms with van der Waals surface area (Å²) in [5, 5.41) is 14.1. The van der Waals surface area contributed by atoms with Gasteiger partial charge in [-0.3, -0.25) is 4.79 Å². The van der Waals surface area contributed by atoms with Gasteiger partial charge in [0.2, 0.25) is 0 Å². The molecular formula is C16H16ClNO3. The third-order valence-corrected chi connectivity index (χ3v) is 4.39. The molecule has 0 bridgehead atoms. The number of benzene rings is 1. The van der Waals surface area contributed by atoms with Crippen molar-refractivity contribution in [1.82, 2.24) is 5.16 Å². The van der Waals surface area contributed by atoms with Gasteiger partial charge in [-0.15, -0.1) is 0 Å². The molecule has 0 saturated carbocycles. The van der Waals surface area contributed by atoms with Gasteiger partial charge in [0.15, 0.2) is 0 Å². The lowest BCUT2D eigenvalue weighted by Gasteiger charge is -2.10. The van der Waals surface area contributed by atoms with E-state index in [4.69, 9.17) is 16.1 Å². The van der Waals surface area contributed by atoms with Gasteiger partial charge in [-0.05, 0) is 30.9 Å². The van der Waals surface area contributed by atoms with Crippen LogP contribution in [-0.2, 0) is 11.2 Å². The van der Waals surface area contributed by atoms with Gasteiger partial charge in [0, 0.05) is 22.6 Å². The minimum atomic E-state index is -0.764. The number of aromatic nitrogens is 1. The van der Waals surface area contributed by atoms with Crippen LogP contribution in [0.4, 0.5) is 0 Å². The van der Waals surface area contributed by atoms with Crippen LogP contribution in [-0.4, -0.2) is 16.2 Å². The molecule has 1 N–H and O–H groups in total. The van der Waals surface area contributed by atoms with Gasteiger partial charge in [-0.2, -0.15) is 0 Å². The van der Waals surface area contributed by atoms with Crippen molar-refractivity contribution in [3.05, 3.63) is 40.6 Å². The van der Waals surface area contributed by atoms with Crippen molar-refractivity contribution in [3.63, 3.8) is 0 Å². The number of rotatable bonds is 2. The number of hydrogen-bond acceptors (Lipinski definition) is 3. The highest BCUT2D eigenvalue weighted by Crippen LogP contribution is 2.39. The maximum atomic E-state index is 11.3. The fourth-order valence-electron chi connectivity index (χ4n) is 2.93. The Labute approximate surface area is 127 Å². The summed E-state index contributed by atoms with van der Waals surface area (Å²) in [4.78, 5) is 11.3. The topological polar surface area (TPSA) is 63.3 Å². The molecule has 5 heteroatoms. The second-order valence-corrected chi connectivity index (χ2v) is 6.03. The summed E-state index contributed by atoms with van der Waals surface area (Å²) in [6.45, 7) is 2.10. The molecule has 1 aromatic heterocycles. The lowest BCUT2D eigenvalue weighted by molar-refractivity contribution is -0.142. The quantitative estimate of drug-likeness (QED) is 0.847. The van der Waals surface area contributed by atoms with E-state index in [1.165, 1.54) is 0 Å². The average Bonchev–Trinajstić information content (AvgIpc) is 2.79. The predicted octanol–water partition coefficient (Wildman–Crippen LogP) is 4.14. The molecule has 2 aromatic rings. The predicted molar refractivity (Wildman–Crippen MR) is 79.4 cm³/mol. The van der Waals surface area contributed by atoms with Crippen LogP contribution in [0.2, 0.25) is 5.02 Å². The molecule has 0 fully saturated rings. The third kappa shape index (κ3) is 2.68. The van der Waals surface area contributed by atoms with Crippen LogP contribution in [0.15, 0.2) is 28.8 Å². The molecule has 3 rings (SSSR count). The molecule has 1 aliphatic carbocycles. The van der Waals surface area contributed by atoms with Crippen LogP contribution in [0.25, 0.3) is 11.3 Å².